The van der Waals surface area contributed by atoms with Gasteiger partial charge in [0.05, 0.1) is 0 Å². The number of nitrogens with two attached hydrogens (primary N) is 1. The van der Waals surface area contributed by atoms with Crippen molar-refractivity contribution in [2.75, 3.05) is 5.73 Å². The van der Waals surface area contributed by atoms with Gasteiger partial charge in [0.15, 0.2) is 11.6 Å². The molecule has 0 aliphatic rings. The minimum absolute atomic E-state index is 0.324. The summed E-state index contributed by atoms with van der Waals surface area (Å²) in [7, 11) is 0. The fraction of sp³-hybridized carbons (Fsp3) is 0.182. The number of aromatic nitrogens is 1. The fourth-order valence-corrected chi connectivity index (χ4v) is 1.97. The zero-order chi connectivity index (χ0) is 11.7. The highest BCUT2D eigenvalue weighted by Gasteiger charge is 2.16. The van der Waals surface area contributed by atoms with E-state index in [4.69, 9.17) is 10.3 Å². The van der Waals surface area contributed by atoms with Crippen LogP contribution in [-0.4, -0.2) is 5.16 Å². The van der Waals surface area contributed by atoms with Crippen molar-refractivity contribution < 1.29 is 8.91 Å². The summed E-state index contributed by atoms with van der Waals surface area (Å²) < 4.78 is 19.0. The lowest BCUT2D eigenvalue weighted by Gasteiger charge is -2.02. The summed E-state index contributed by atoms with van der Waals surface area (Å²) in [6.07, 6.45) is 0.688. The Labute approximate surface area is 101 Å². The van der Waals surface area contributed by atoms with E-state index in [1.165, 1.54) is 12.1 Å². The third-order valence-electron chi connectivity index (χ3n) is 2.35. The maximum Gasteiger partial charge on any atom is 0.173 e. The molecule has 16 heavy (non-hydrogen) atoms. The van der Waals surface area contributed by atoms with E-state index in [0.29, 0.717) is 23.6 Å². The summed E-state index contributed by atoms with van der Waals surface area (Å²) in [4.78, 5) is 0. The number of nitrogens with zero attached hydrogens (tertiary/aromatic N) is 1. The number of hydrogen-bond acceptors (Lipinski definition) is 3. The minimum Gasteiger partial charge on any atom is -0.381 e. The summed E-state index contributed by atoms with van der Waals surface area (Å²) in [5.74, 6) is 0.551. The molecular formula is C11H10BrFN2O. The van der Waals surface area contributed by atoms with Gasteiger partial charge in [0, 0.05) is 15.6 Å². The first-order valence-corrected chi connectivity index (χ1v) is 5.62. The molecule has 0 aliphatic carbocycles. The van der Waals surface area contributed by atoms with Crippen LogP contribution in [0.2, 0.25) is 0 Å². The fourth-order valence-electron chi connectivity index (χ4n) is 1.55. The molecule has 1 aromatic heterocycles. The zero-order valence-electron chi connectivity index (χ0n) is 8.63. The average molecular weight is 285 g/mol. The molecule has 2 aromatic rings. The smallest absolute Gasteiger partial charge is 0.173 e. The van der Waals surface area contributed by atoms with Crippen LogP contribution in [0.1, 0.15) is 12.5 Å². The Morgan fingerprint density at radius 3 is 2.94 bits per heavy atom. The van der Waals surface area contributed by atoms with E-state index >= 15 is 0 Å². The summed E-state index contributed by atoms with van der Waals surface area (Å²) in [5.41, 5.74) is 7.09. The van der Waals surface area contributed by atoms with Crippen LogP contribution in [0.25, 0.3) is 11.3 Å². The highest BCUT2D eigenvalue weighted by atomic mass is 79.9. The van der Waals surface area contributed by atoms with Crippen molar-refractivity contribution in [2.45, 2.75) is 13.3 Å². The van der Waals surface area contributed by atoms with Crippen LogP contribution < -0.4 is 5.73 Å². The zero-order valence-corrected chi connectivity index (χ0v) is 10.2. The molecule has 84 valence electrons. The van der Waals surface area contributed by atoms with Gasteiger partial charge in [-0.05, 0) is 24.6 Å². The van der Waals surface area contributed by atoms with Gasteiger partial charge >= 0.3 is 0 Å². The highest BCUT2D eigenvalue weighted by molar-refractivity contribution is 9.10. The molecule has 0 bridgehead atoms. The molecule has 0 atom stereocenters. The monoisotopic (exact) mass is 284 g/mol. The molecule has 2 rings (SSSR count). The number of nitrogen functional groups attached to an aromatic ring is 1. The van der Waals surface area contributed by atoms with Gasteiger partial charge in [0.25, 0.3) is 0 Å². The van der Waals surface area contributed by atoms with Crippen LogP contribution in [0.4, 0.5) is 10.2 Å². The van der Waals surface area contributed by atoms with E-state index in [-0.39, 0.29) is 5.82 Å². The molecule has 0 unspecified atom stereocenters. The minimum atomic E-state index is -0.324. The average Bonchev–Trinajstić information content (AvgIpc) is 2.63. The predicted octanol–water partition coefficient (Wildman–Crippen LogP) is 3.39. The Morgan fingerprint density at radius 2 is 2.25 bits per heavy atom. The van der Waals surface area contributed by atoms with Gasteiger partial charge in [-0.25, -0.2) is 4.39 Å². The lowest BCUT2D eigenvalue weighted by molar-refractivity contribution is 0.434. The van der Waals surface area contributed by atoms with Gasteiger partial charge < -0.3 is 10.3 Å². The maximum atomic E-state index is 13.2. The largest absolute Gasteiger partial charge is 0.381 e. The van der Waals surface area contributed by atoms with Gasteiger partial charge in [-0.15, -0.1) is 0 Å². The number of hydrogen-bond donors (Lipinski definition) is 1. The first-order valence-electron chi connectivity index (χ1n) is 4.83. The third-order valence-corrected chi connectivity index (χ3v) is 3.04. The van der Waals surface area contributed by atoms with E-state index in [1.54, 1.807) is 6.07 Å². The molecule has 0 saturated carbocycles. The molecule has 5 heteroatoms. The highest BCUT2D eigenvalue weighted by Crippen LogP contribution is 2.33. The van der Waals surface area contributed by atoms with Crippen molar-refractivity contribution in [3.8, 4) is 11.3 Å². The van der Waals surface area contributed by atoms with Crippen LogP contribution in [0.5, 0.6) is 0 Å². The molecular weight excluding hydrogens is 275 g/mol. The van der Waals surface area contributed by atoms with Gasteiger partial charge in [0.1, 0.15) is 5.82 Å². The van der Waals surface area contributed by atoms with Crippen molar-refractivity contribution in [1.29, 1.82) is 0 Å². The van der Waals surface area contributed by atoms with Crippen LogP contribution in [0, 0.1) is 5.82 Å². The van der Waals surface area contributed by atoms with E-state index in [9.17, 15) is 4.39 Å². The Kier molecular flexibility index (Phi) is 2.96. The lowest BCUT2D eigenvalue weighted by Crippen LogP contribution is -1.91. The second kappa shape index (κ2) is 4.25. The van der Waals surface area contributed by atoms with Gasteiger partial charge in [-0.2, -0.15) is 0 Å². The molecule has 0 radical (unpaired) electrons. The number of benzene rings is 1. The molecule has 0 saturated heterocycles. The Bertz CT molecular complexity index is 525. The van der Waals surface area contributed by atoms with Crippen molar-refractivity contribution in [3.63, 3.8) is 0 Å². The Balaban J connectivity index is 2.62. The second-order valence-electron chi connectivity index (χ2n) is 3.35. The topological polar surface area (TPSA) is 52.0 Å². The summed E-state index contributed by atoms with van der Waals surface area (Å²) >= 11 is 3.34. The van der Waals surface area contributed by atoms with Gasteiger partial charge in [-0.3, -0.25) is 0 Å². The van der Waals surface area contributed by atoms with Crippen molar-refractivity contribution in [3.05, 3.63) is 34.1 Å². The number of rotatable bonds is 2. The molecule has 2 N–H and O–H groups in total. The Hall–Kier alpha value is -1.36. The van der Waals surface area contributed by atoms with E-state index < -0.39 is 0 Å². The first-order chi connectivity index (χ1) is 7.63. The van der Waals surface area contributed by atoms with Crippen LogP contribution in [0.15, 0.2) is 27.2 Å². The molecule has 0 amide bonds. The van der Waals surface area contributed by atoms with Gasteiger partial charge in [-0.1, -0.05) is 28.0 Å². The van der Waals surface area contributed by atoms with Crippen LogP contribution in [0.3, 0.4) is 0 Å². The summed E-state index contributed by atoms with van der Waals surface area (Å²) in [5, 5.41) is 3.69. The number of anilines is 1. The van der Waals surface area contributed by atoms with Crippen molar-refractivity contribution in [1.82, 2.24) is 5.16 Å². The van der Waals surface area contributed by atoms with Crippen molar-refractivity contribution >= 4 is 21.7 Å². The number of halogens is 2. The van der Waals surface area contributed by atoms with Crippen LogP contribution in [-0.2, 0) is 6.42 Å². The molecule has 3 nitrogen and oxygen atoms in total. The Morgan fingerprint density at radius 1 is 1.50 bits per heavy atom. The normalized spacial score (nSPS) is 10.7. The maximum absolute atomic E-state index is 13.2. The molecule has 0 spiro atoms. The predicted molar refractivity (Wildman–Crippen MR) is 63.4 cm³/mol. The van der Waals surface area contributed by atoms with Crippen LogP contribution >= 0.6 is 15.9 Å². The van der Waals surface area contributed by atoms with E-state index in [0.717, 1.165) is 10.0 Å². The quantitative estimate of drug-likeness (QED) is 0.920. The lowest BCUT2D eigenvalue weighted by atomic mass is 10.1. The van der Waals surface area contributed by atoms with E-state index in [1.807, 2.05) is 6.92 Å². The standard InChI is InChI=1S/C11H10BrFN2O/c1-2-7-10(16-15-11(7)14)8-5-6(13)3-4-9(8)12/h3-5H,2H2,1H3,(H2,14,15). The molecule has 1 heterocycles. The molecule has 0 fully saturated rings. The first kappa shape index (κ1) is 11.1. The van der Waals surface area contributed by atoms with Gasteiger partial charge in [0.2, 0.25) is 0 Å². The molecule has 0 aliphatic heterocycles. The third kappa shape index (κ3) is 1.82. The summed E-state index contributed by atoms with van der Waals surface area (Å²) in [6, 6.07) is 4.39. The van der Waals surface area contributed by atoms with Crippen molar-refractivity contribution in [2.24, 2.45) is 0 Å². The summed E-state index contributed by atoms with van der Waals surface area (Å²) in [6.45, 7) is 1.94. The van der Waals surface area contributed by atoms with E-state index in [2.05, 4.69) is 21.1 Å². The second-order valence-corrected chi connectivity index (χ2v) is 4.21. The SMILES string of the molecule is CCc1c(N)noc1-c1cc(F)ccc1Br. The molecule has 1 aromatic carbocycles.